The van der Waals surface area contributed by atoms with Crippen molar-refractivity contribution < 1.29 is 13.6 Å². The van der Waals surface area contributed by atoms with Gasteiger partial charge < -0.3 is 10.6 Å². The molecule has 4 rings (SSSR count). The molecule has 0 bridgehead atoms. The average Bonchev–Trinajstić information content (AvgIpc) is 3.20. The smallest absolute Gasteiger partial charge is 0.224 e. The highest BCUT2D eigenvalue weighted by molar-refractivity contribution is 5.85. The highest BCUT2D eigenvalue weighted by atomic mass is 35.5. The Morgan fingerprint density at radius 3 is 2.60 bits per heavy atom. The second-order valence-electron chi connectivity index (χ2n) is 6.51. The second-order valence-corrected chi connectivity index (χ2v) is 6.51. The zero-order valence-corrected chi connectivity index (χ0v) is 14.3. The highest BCUT2D eigenvalue weighted by Gasteiger charge is 2.46. The van der Waals surface area contributed by atoms with Crippen LogP contribution in [0.1, 0.15) is 34.6 Å². The Balaban J connectivity index is 0.00000182. The van der Waals surface area contributed by atoms with Crippen LogP contribution in [-0.4, -0.2) is 5.91 Å². The summed E-state index contributed by atoms with van der Waals surface area (Å²) in [5.41, 5.74) is 3.64. The van der Waals surface area contributed by atoms with Gasteiger partial charge >= 0.3 is 0 Å². The van der Waals surface area contributed by atoms with Crippen LogP contribution in [0.2, 0.25) is 0 Å². The van der Waals surface area contributed by atoms with E-state index in [1.807, 2.05) is 6.07 Å². The van der Waals surface area contributed by atoms with E-state index in [1.165, 1.54) is 29.3 Å². The van der Waals surface area contributed by atoms with Gasteiger partial charge in [-0.05, 0) is 35.2 Å². The summed E-state index contributed by atoms with van der Waals surface area (Å²) in [5.74, 6) is -1.97. The molecule has 2 atom stereocenters. The minimum atomic E-state index is -0.568. The van der Waals surface area contributed by atoms with Crippen LogP contribution in [0.15, 0.2) is 36.4 Å². The summed E-state index contributed by atoms with van der Waals surface area (Å²) < 4.78 is 27.6. The van der Waals surface area contributed by atoms with Gasteiger partial charge in [0.15, 0.2) is 0 Å². The molecular formula is C19H19ClF2N2O. The zero-order chi connectivity index (χ0) is 16.7. The molecule has 2 aromatic carbocycles. The molecule has 3 nitrogen and oxygen atoms in total. The summed E-state index contributed by atoms with van der Waals surface area (Å²) in [6, 6.07) is 10.00. The predicted molar refractivity (Wildman–Crippen MR) is 93.3 cm³/mol. The summed E-state index contributed by atoms with van der Waals surface area (Å²) >= 11 is 0. The first kappa shape index (κ1) is 17.8. The molecule has 1 heterocycles. The molecule has 25 heavy (non-hydrogen) atoms. The Morgan fingerprint density at radius 2 is 1.84 bits per heavy atom. The summed E-state index contributed by atoms with van der Waals surface area (Å²) in [4.78, 5) is 12.3. The van der Waals surface area contributed by atoms with Crippen molar-refractivity contribution in [3.8, 4) is 0 Å². The van der Waals surface area contributed by atoms with Crippen molar-refractivity contribution in [3.63, 3.8) is 0 Å². The number of rotatable bonds is 4. The fourth-order valence-electron chi connectivity index (χ4n) is 3.45. The molecule has 2 aromatic rings. The van der Waals surface area contributed by atoms with E-state index in [9.17, 15) is 13.6 Å². The molecule has 1 aliphatic heterocycles. The third-order valence-electron chi connectivity index (χ3n) is 4.87. The Hall–Kier alpha value is -1.98. The van der Waals surface area contributed by atoms with Gasteiger partial charge in [0.1, 0.15) is 11.6 Å². The van der Waals surface area contributed by atoms with Crippen LogP contribution in [0.4, 0.5) is 8.78 Å². The molecule has 1 amide bonds. The average molecular weight is 365 g/mol. The van der Waals surface area contributed by atoms with Crippen molar-refractivity contribution in [2.75, 3.05) is 0 Å². The van der Waals surface area contributed by atoms with E-state index in [0.29, 0.717) is 13.0 Å². The summed E-state index contributed by atoms with van der Waals surface area (Å²) in [6.45, 7) is 2.18. The minimum Gasteiger partial charge on any atom is -0.352 e. The number of nitrogens with one attached hydrogen (secondary N) is 2. The number of amides is 1. The maximum Gasteiger partial charge on any atom is 0.224 e. The first-order valence-corrected chi connectivity index (χ1v) is 8.16. The lowest BCUT2D eigenvalue weighted by molar-refractivity contribution is -0.122. The van der Waals surface area contributed by atoms with Gasteiger partial charge in [0.05, 0.1) is 0 Å². The molecule has 6 heteroatoms. The van der Waals surface area contributed by atoms with Gasteiger partial charge in [0.2, 0.25) is 5.91 Å². The SMILES string of the molecule is Cl.O=C(NCc1ccc2c(c1)CNC2)C1CC1c1c(F)cccc1F. The van der Waals surface area contributed by atoms with Crippen LogP contribution >= 0.6 is 12.4 Å². The first-order chi connectivity index (χ1) is 11.6. The third-order valence-corrected chi connectivity index (χ3v) is 4.87. The van der Waals surface area contributed by atoms with E-state index < -0.39 is 11.6 Å². The molecule has 0 spiro atoms. The van der Waals surface area contributed by atoms with E-state index in [0.717, 1.165) is 18.7 Å². The number of fused-ring (bicyclic) bond motifs is 1. The van der Waals surface area contributed by atoms with Crippen LogP contribution < -0.4 is 10.6 Å². The van der Waals surface area contributed by atoms with Crippen molar-refractivity contribution in [3.05, 3.63) is 70.3 Å². The van der Waals surface area contributed by atoms with Crippen molar-refractivity contribution in [1.82, 2.24) is 10.6 Å². The van der Waals surface area contributed by atoms with Gasteiger partial charge in [0, 0.05) is 37.0 Å². The van der Waals surface area contributed by atoms with Gasteiger partial charge in [-0.2, -0.15) is 0 Å². The van der Waals surface area contributed by atoms with Crippen molar-refractivity contribution >= 4 is 18.3 Å². The largest absolute Gasteiger partial charge is 0.352 e. The maximum atomic E-state index is 13.8. The van der Waals surface area contributed by atoms with Crippen LogP contribution in [0.5, 0.6) is 0 Å². The molecule has 2 aliphatic rings. The fraction of sp³-hybridized carbons (Fsp3) is 0.316. The van der Waals surface area contributed by atoms with Crippen molar-refractivity contribution in [2.24, 2.45) is 5.92 Å². The molecular weight excluding hydrogens is 346 g/mol. The number of carbonyl (C=O) groups is 1. The lowest BCUT2D eigenvalue weighted by atomic mass is 10.1. The number of carbonyl (C=O) groups excluding carboxylic acids is 1. The van der Waals surface area contributed by atoms with Crippen LogP contribution in [0, 0.1) is 17.6 Å². The topological polar surface area (TPSA) is 41.1 Å². The monoisotopic (exact) mass is 364 g/mol. The highest BCUT2D eigenvalue weighted by Crippen LogP contribution is 2.49. The number of halogens is 3. The number of hydrogen-bond donors (Lipinski definition) is 2. The second kappa shape index (κ2) is 7.10. The Labute approximate surface area is 151 Å². The summed E-state index contributed by atoms with van der Waals surface area (Å²) in [6.07, 6.45) is 0.498. The van der Waals surface area contributed by atoms with Crippen LogP contribution in [-0.2, 0) is 24.4 Å². The number of hydrogen-bond acceptors (Lipinski definition) is 2. The van der Waals surface area contributed by atoms with Gasteiger partial charge in [-0.25, -0.2) is 8.78 Å². The molecule has 132 valence electrons. The van der Waals surface area contributed by atoms with Gasteiger partial charge in [-0.15, -0.1) is 12.4 Å². The van der Waals surface area contributed by atoms with E-state index >= 15 is 0 Å². The zero-order valence-electron chi connectivity index (χ0n) is 13.5. The van der Waals surface area contributed by atoms with Crippen molar-refractivity contribution in [1.29, 1.82) is 0 Å². The maximum absolute atomic E-state index is 13.8. The van der Waals surface area contributed by atoms with Crippen LogP contribution in [0.25, 0.3) is 0 Å². The van der Waals surface area contributed by atoms with Gasteiger partial charge in [-0.3, -0.25) is 4.79 Å². The van der Waals surface area contributed by atoms with Gasteiger partial charge in [0.25, 0.3) is 0 Å². The third kappa shape index (κ3) is 3.53. The first-order valence-electron chi connectivity index (χ1n) is 8.16. The lowest BCUT2D eigenvalue weighted by Crippen LogP contribution is -2.25. The quantitative estimate of drug-likeness (QED) is 0.873. The molecule has 0 radical (unpaired) electrons. The van der Waals surface area contributed by atoms with E-state index in [2.05, 4.69) is 22.8 Å². The Bertz CT molecular complexity index is 792. The molecule has 1 fully saturated rings. The minimum absolute atomic E-state index is 0. The predicted octanol–water partition coefficient (Wildman–Crippen LogP) is 3.41. The van der Waals surface area contributed by atoms with E-state index in [-0.39, 0.29) is 35.7 Å². The molecule has 2 N–H and O–H groups in total. The Morgan fingerprint density at radius 1 is 1.12 bits per heavy atom. The molecule has 1 saturated carbocycles. The van der Waals surface area contributed by atoms with E-state index in [1.54, 1.807) is 0 Å². The van der Waals surface area contributed by atoms with Gasteiger partial charge in [-0.1, -0.05) is 24.3 Å². The standard InChI is InChI=1S/C19H18F2N2O.ClH/c20-16-2-1-3-17(21)18(16)14-7-15(14)19(24)23-8-11-4-5-12-9-22-10-13(12)6-11;/h1-6,14-15,22H,7-10H2,(H,23,24);1H. The summed E-state index contributed by atoms with van der Waals surface area (Å²) in [7, 11) is 0. The molecule has 0 aromatic heterocycles. The lowest BCUT2D eigenvalue weighted by Gasteiger charge is -2.08. The molecule has 1 aliphatic carbocycles. The number of benzene rings is 2. The summed E-state index contributed by atoms with van der Waals surface area (Å²) in [5, 5.41) is 6.17. The molecule has 2 unspecified atom stereocenters. The normalized spacial score (nSPS) is 20.6. The Kier molecular flexibility index (Phi) is 5.06. The van der Waals surface area contributed by atoms with Crippen molar-refractivity contribution in [2.45, 2.75) is 32.0 Å². The van der Waals surface area contributed by atoms with Crippen LogP contribution in [0.3, 0.4) is 0 Å². The fourth-order valence-corrected chi connectivity index (χ4v) is 3.45. The van der Waals surface area contributed by atoms with E-state index in [4.69, 9.17) is 0 Å². The molecule has 0 saturated heterocycles.